The molecule has 146 valence electrons. The first-order valence-corrected chi connectivity index (χ1v) is 10.4. The molecular formula is C22H26N4OS. The molecule has 0 saturated carbocycles. The smallest absolute Gasteiger partial charge is 0.233 e. The maximum atomic E-state index is 12.5. The molecule has 0 unspecified atom stereocenters. The highest BCUT2D eigenvalue weighted by atomic mass is 32.2. The third-order valence-electron chi connectivity index (χ3n) is 4.73. The fourth-order valence-electron chi connectivity index (χ4n) is 2.94. The van der Waals surface area contributed by atoms with Crippen LogP contribution in [0.4, 0.5) is 0 Å². The van der Waals surface area contributed by atoms with Crippen molar-refractivity contribution in [3.8, 4) is 11.4 Å². The van der Waals surface area contributed by atoms with E-state index in [9.17, 15) is 4.79 Å². The molecule has 5 nitrogen and oxygen atoms in total. The van der Waals surface area contributed by atoms with E-state index in [1.54, 1.807) is 0 Å². The van der Waals surface area contributed by atoms with Gasteiger partial charge in [-0.25, -0.2) is 4.98 Å². The van der Waals surface area contributed by atoms with Crippen LogP contribution >= 0.6 is 11.8 Å². The number of aromatic amines is 1. The standard InChI is InChI=1S/C22H26N4OS/c1-4-17(18-8-6-5-7-9-18)14-23-21(27)16(3)28-22-24-20(25-26-22)19-12-10-15(2)11-13-19/h5-13,16-17H,4,14H2,1-3H3,(H,23,27)(H,24,25,26)/t16-,17-/m1/s1. The van der Waals surface area contributed by atoms with E-state index in [0.717, 1.165) is 12.0 Å². The Hall–Kier alpha value is -2.60. The quantitative estimate of drug-likeness (QED) is 0.549. The van der Waals surface area contributed by atoms with Crippen molar-refractivity contribution in [2.24, 2.45) is 0 Å². The van der Waals surface area contributed by atoms with Crippen LogP contribution in [0, 0.1) is 6.92 Å². The van der Waals surface area contributed by atoms with Gasteiger partial charge in [0.05, 0.1) is 5.25 Å². The molecule has 0 aliphatic rings. The van der Waals surface area contributed by atoms with Crippen molar-refractivity contribution in [3.63, 3.8) is 0 Å². The third kappa shape index (κ3) is 5.23. The van der Waals surface area contributed by atoms with Crippen LogP contribution in [0.5, 0.6) is 0 Å². The van der Waals surface area contributed by atoms with Crippen molar-refractivity contribution in [2.45, 2.75) is 43.5 Å². The number of H-pyrrole nitrogens is 1. The first kappa shape index (κ1) is 20.1. The zero-order valence-corrected chi connectivity index (χ0v) is 17.3. The molecule has 6 heteroatoms. The lowest BCUT2D eigenvalue weighted by atomic mass is 9.96. The lowest BCUT2D eigenvalue weighted by molar-refractivity contribution is -0.120. The second kappa shape index (κ2) is 9.55. The molecule has 2 aromatic carbocycles. The van der Waals surface area contributed by atoms with Crippen LogP contribution in [0.2, 0.25) is 0 Å². The van der Waals surface area contributed by atoms with Gasteiger partial charge in [0.2, 0.25) is 11.1 Å². The average Bonchev–Trinajstić information content (AvgIpc) is 3.18. The van der Waals surface area contributed by atoms with Gasteiger partial charge in [-0.2, -0.15) is 0 Å². The third-order valence-corrected chi connectivity index (χ3v) is 5.69. The molecular weight excluding hydrogens is 368 g/mol. The SMILES string of the molecule is CC[C@H](CNC(=O)[C@@H](C)Sc1n[nH]c(-c2ccc(C)cc2)n1)c1ccccc1. The zero-order valence-electron chi connectivity index (χ0n) is 16.5. The van der Waals surface area contributed by atoms with Crippen LogP contribution in [-0.2, 0) is 4.79 Å². The van der Waals surface area contributed by atoms with Crippen LogP contribution in [0.25, 0.3) is 11.4 Å². The van der Waals surface area contributed by atoms with Gasteiger partial charge < -0.3 is 5.32 Å². The van der Waals surface area contributed by atoms with Crippen molar-refractivity contribution < 1.29 is 4.79 Å². The Kier molecular flexibility index (Phi) is 6.87. The number of amides is 1. The van der Waals surface area contributed by atoms with Crippen molar-refractivity contribution in [1.82, 2.24) is 20.5 Å². The molecule has 0 bridgehead atoms. The van der Waals surface area contributed by atoms with E-state index in [2.05, 4.69) is 39.6 Å². The van der Waals surface area contributed by atoms with Gasteiger partial charge in [0.1, 0.15) is 0 Å². The van der Waals surface area contributed by atoms with Crippen LogP contribution in [0.3, 0.4) is 0 Å². The summed E-state index contributed by atoms with van der Waals surface area (Å²) < 4.78 is 0. The Labute approximate surface area is 170 Å². The summed E-state index contributed by atoms with van der Waals surface area (Å²) in [6.07, 6.45) is 0.979. The number of benzene rings is 2. The summed E-state index contributed by atoms with van der Waals surface area (Å²) in [4.78, 5) is 17.0. The zero-order chi connectivity index (χ0) is 19.9. The van der Waals surface area contributed by atoms with Crippen molar-refractivity contribution in [3.05, 3.63) is 65.7 Å². The van der Waals surface area contributed by atoms with E-state index in [0.29, 0.717) is 23.4 Å². The van der Waals surface area contributed by atoms with Crippen molar-refractivity contribution in [2.75, 3.05) is 6.54 Å². The Morgan fingerprint density at radius 3 is 2.54 bits per heavy atom. The largest absolute Gasteiger partial charge is 0.355 e. The Morgan fingerprint density at radius 1 is 1.14 bits per heavy atom. The maximum absolute atomic E-state index is 12.5. The molecule has 2 atom stereocenters. The molecule has 0 aliphatic carbocycles. The highest BCUT2D eigenvalue weighted by Gasteiger charge is 2.19. The summed E-state index contributed by atoms with van der Waals surface area (Å²) in [5, 5.41) is 10.6. The second-order valence-electron chi connectivity index (χ2n) is 6.85. The van der Waals surface area contributed by atoms with E-state index in [4.69, 9.17) is 0 Å². The molecule has 3 rings (SSSR count). The highest BCUT2D eigenvalue weighted by molar-refractivity contribution is 8.00. The van der Waals surface area contributed by atoms with E-state index in [1.165, 1.54) is 22.9 Å². The van der Waals surface area contributed by atoms with Gasteiger partial charge in [-0.05, 0) is 25.8 Å². The van der Waals surface area contributed by atoms with Gasteiger partial charge in [0.15, 0.2) is 5.82 Å². The maximum Gasteiger partial charge on any atom is 0.233 e. The summed E-state index contributed by atoms with van der Waals surface area (Å²) in [5.74, 6) is 1.03. The first-order chi connectivity index (χ1) is 13.6. The van der Waals surface area contributed by atoms with E-state index in [-0.39, 0.29) is 11.2 Å². The van der Waals surface area contributed by atoms with E-state index in [1.807, 2.05) is 56.3 Å². The summed E-state index contributed by atoms with van der Waals surface area (Å²) >= 11 is 1.36. The number of hydrogen-bond acceptors (Lipinski definition) is 4. The number of hydrogen-bond donors (Lipinski definition) is 2. The molecule has 1 aromatic heterocycles. The number of rotatable bonds is 8. The van der Waals surface area contributed by atoms with Crippen LogP contribution in [0.15, 0.2) is 59.8 Å². The number of nitrogens with zero attached hydrogens (tertiary/aromatic N) is 2. The fourth-order valence-corrected chi connectivity index (χ4v) is 3.69. The van der Waals surface area contributed by atoms with Crippen molar-refractivity contribution in [1.29, 1.82) is 0 Å². The Morgan fingerprint density at radius 2 is 1.86 bits per heavy atom. The Balaban J connectivity index is 1.55. The molecule has 0 fully saturated rings. The Bertz CT molecular complexity index is 892. The minimum absolute atomic E-state index is 0.000988. The molecule has 0 saturated heterocycles. The minimum atomic E-state index is -0.269. The first-order valence-electron chi connectivity index (χ1n) is 9.55. The van der Waals surface area contributed by atoms with Gasteiger partial charge in [-0.15, -0.1) is 5.10 Å². The van der Waals surface area contributed by atoms with Gasteiger partial charge in [-0.3, -0.25) is 9.89 Å². The number of carbonyl (C=O) groups excluding carboxylic acids is 1. The molecule has 0 spiro atoms. The molecule has 1 amide bonds. The second-order valence-corrected chi connectivity index (χ2v) is 8.16. The molecule has 0 radical (unpaired) electrons. The fraction of sp³-hybridized carbons (Fsp3) is 0.318. The molecule has 28 heavy (non-hydrogen) atoms. The average molecular weight is 395 g/mol. The summed E-state index contributed by atoms with van der Waals surface area (Å²) in [5.41, 5.74) is 3.43. The van der Waals surface area contributed by atoms with Gasteiger partial charge in [0, 0.05) is 18.0 Å². The minimum Gasteiger partial charge on any atom is -0.355 e. The predicted molar refractivity (Wildman–Crippen MR) is 114 cm³/mol. The van der Waals surface area contributed by atoms with Crippen molar-refractivity contribution >= 4 is 17.7 Å². The highest BCUT2D eigenvalue weighted by Crippen LogP contribution is 2.23. The van der Waals surface area contributed by atoms with E-state index < -0.39 is 0 Å². The summed E-state index contributed by atoms with van der Waals surface area (Å²) in [6, 6.07) is 18.4. The molecule has 1 heterocycles. The van der Waals surface area contributed by atoms with Gasteiger partial charge in [-0.1, -0.05) is 78.8 Å². The topological polar surface area (TPSA) is 70.7 Å². The van der Waals surface area contributed by atoms with Gasteiger partial charge >= 0.3 is 0 Å². The summed E-state index contributed by atoms with van der Waals surface area (Å²) in [7, 11) is 0. The normalized spacial score (nSPS) is 13.1. The summed E-state index contributed by atoms with van der Waals surface area (Å²) in [6.45, 7) is 6.70. The molecule has 0 aliphatic heterocycles. The van der Waals surface area contributed by atoms with Gasteiger partial charge in [0.25, 0.3) is 0 Å². The monoisotopic (exact) mass is 394 g/mol. The number of aryl methyl sites for hydroxylation is 1. The van der Waals surface area contributed by atoms with Crippen LogP contribution < -0.4 is 5.32 Å². The lowest BCUT2D eigenvalue weighted by Gasteiger charge is -2.17. The number of nitrogens with one attached hydrogen (secondary N) is 2. The number of aromatic nitrogens is 3. The molecule has 3 aromatic rings. The van der Waals surface area contributed by atoms with Crippen LogP contribution in [0.1, 0.15) is 37.3 Å². The lowest BCUT2D eigenvalue weighted by Crippen LogP contribution is -2.34. The number of carbonyl (C=O) groups is 1. The van der Waals surface area contributed by atoms with Crippen LogP contribution in [-0.4, -0.2) is 32.9 Å². The number of thioether (sulfide) groups is 1. The van der Waals surface area contributed by atoms with E-state index >= 15 is 0 Å². The predicted octanol–water partition coefficient (Wildman–Crippen LogP) is 4.57. The molecule has 2 N–H and O–H groups in total.